The molecule has 1 saturated heterocycles. The number of piperidine rings is 1. The third-order valence-corrected chi connectivity index (χ3v) is 6.08. The summed E-state index contributed by atoms with van der Waals surface area (Å²) < 4.78 is 11.7. The second kappa shape index (κ2) is 9.99. The van der Waals surface area contributed by atoms with Gasteiger partial charge >= 0.3 is 6.09 Å². The summed E-state index contributed by atoms with van der Waals surface area (Å²) >= 11 is 0. The molecule has 0 bridgehead atoms. The molecule has 2 aliphatic rings. The van der Waals surface area contributed by atoms with Gasteiger partial charge in [0.15, 0.2) is 0 Å². The van der Waals surface area contributed by atoms with Crippen molar-refractivity contribution in [2.24, 2.45) is 5.41 Å². The lowest BCUT2D eigenvalue weighted by molar-refractivity contribution is -0.763. The molecule has 0 N–H and O–H groups in total. The molecule has 2 aromatic rings. The van der Waals surface area contributed by atoms with Crippen LogP contribution in [-0.4, -0.2) is 41.9 Å². The summed E-state index contributed by atoms with van der Waals surface area (Å²) in [4.78, 5) is 29.1. The molecule has 8 heteroatoms. The number of carbonyl (C=O) groups is 1. The topological polar surface area (TPSA) is 91.1 Å². The largest absolute Gasteiger partial charge is 0.415 e. The molecule has 1 unspecified atom stereocenters. The van der Waals surface area contributed by atoms with Crippen LogP contribution in [0.3, 0.4) is 0 Å². The average Bonchev–Trinajstić information content (AvgIpc) is 3.57. The van der Waals surface area contributed by atoms with E-state index >= 15 is 0 Å². The second-order valence-electron chi connectivity index (χ2n) is 8.70. The zero-order chi connectivity index (χ0) is 22.4. The highest BCUT2D eigenvalue weighted by molar-refractivity contribution is 5.70. The van der Waals surface area contributed by atoms with Crippen LogP contribution in [0.25, 0.3) is 0 Å². The van der Waals surface area contributed by atoms with E-state index in [-0.39, 0.29) is 18.1 Å². The van der Waals surface area contributed by atoms with Crippen molar-refractivity contribution < 1.29 is 24.2 Å². The lowest BCUT2D eigenvalue weighted by atomic mass is 9.97. The molecular weight excluding hydrogens is 412 g/mol. The zero-order valence-corrected chi connectivity index (χ0v) is 18.0. The predicted molar refractivity (Wildman–Crippen MR) is 117 cm³/mol. The second-order valence-corrected chi connectivity index (χ2v) is 8.70. The molecule has 0 spiro atoms. The number of ether oxygens (including phenoxy) is 2. The van der Waals surface area contributed by atoms with Gasteiger partial charge in [0.1, 0.15) is 12.4 Å². The standard InChI is InChI=1S/C24H28N2O6/c27-23(32-21-9-4-8-20(14-21)17-31-26(28)29)25-13-5-10-22(16-25)30-18-24(11-12-24)15-19-6-2-1-3-7-19/h1-4,6-9,14,22H,5,10-13,15-18H2. The van der Waals surface area contributed by atoms with Crippen LogP contribution >= 0.6 is 0 Å². The molecule has 1 amide bonds. The number of hydrogen-bond acceptors (Lipinski definition) is 6. The summed E-state index contributed by atoms with van der Waals surface area (Å²) in [7, 11) is 0. The van der Waals surface area contributed by atoms with Gasteiger partial charge in [0, 0.05) is 6.54 Å². The van der Waals surface area contributed by atoms with Crippen molar-refractivity contribution in [3.63, 3.8) is 0 Å². The molecule has 0 radical (unpaired) electrons. The molecule has 1 heterocycles. The summed E-state index contributed by atoms with van der Waals surface area (Å²) in [6.45, 7) is 1.65. The quantitative estimate of drug-likeness (QED) is 0.424. The van der Waals surface area contributed by atoms with E-state index in [4.69, 9.17) is 9.47 Å². The first kappa shape index (κ1) is 22.1. The minimum Gasteiger partial charge on any atom is -0.410 e. The molecule has 1 atom stereocenters. The van der Waals surface area contributed by atoms with Gasteiger partial charge in [0.05, 0.1) is 19.3 Å². The fraction of sp³-hybridized carbons (Fsp3) is 0.458. The fourth-order valence-corrected chi connectivity index (χ4v) is 4.10. The highest BCUT2D eigenvalue weighted by Crippen LogP contribution is 2.48. The Hall–Kier alpha value is -3.13. The molecular formula is C24H28N2O6. The maximum Gasteiger partial charge on any atom is 0.415 e. The zero-order valence-electron chi connectivity index (χ0n) is 18.0. The Balaban J connectivity index is 1.26. The molecule has 2 fully saturated rings. The third kappa shape index (κ3) is 6.20. The monoisotopic (exact) mass is 440 g/mol. The van der Waals surface area contributed by atoms with Crippen LogP contribution in [0.4, 0.5) is 4.79 Å². The highest BCUT2D eigenvalue weighted by Gasteiger charge is 2.43. The van der Waals surface area contributed by atoms with Crippen LogP contribution < -0.4 is 4.74 Å². The Morgan fingerprint density at radius 2 is 1.91 bits per heavy atom. The van der Waals surface area contributed by atoms with Crippen molar-refractivity contribution in [3.8, 4) is 5.75 Å². The number of benzene rings is 2. The Kier molecular flexibility index (Phi) is 6.90. The number of hydrogen-bond donors (Lipinski definition) is 0. The van der Waals surface area contributed by atoms with Crippen LogP contribution in [0.1, 0.15) is 36.8 Å². The first-order valence-corrected chi connectivity index (χ1v) is 11.0. The van der Waals surface area contributed by atoms with E-state index in [0.29, 0.717) is 31.0 Å². The van der Waals surface area contributed by atoms with E-state index in [9.17, 15) is 14.9 Å². The van der Waals surface area contributed by atoms with Crippen molar-refractivity contribution in [2.45, 2.75) is 44.8 Å². The molecule has 2 aromatic carbocycles. The van der Waals surface area contributed by atoms with Gasteiger partial charge in [-0.3, -0.25) is 0 Å². The van der Waals surface area contributed by atoms with E-state index in [1.54, 1.807) is 29.2 Å². The smallest absolute Gasteiger partial charge is 0.410 e. The average molecular weight is 440 g/mol. The first-order valence-electron chi connectivity index (χ1n) is 11.0. The number of nitrogens with zero attached hydrogens (tertiary/aromatic N) is 2. The van der Waals surface area contributed by atoms with Gasteiger partial charge in [-0.25, -0.2) is 4.79 Å². The summed E-state index contributed by atoms with van der Waals surface area (Å²) in [6.07, 6.45) is 4.75. The Bertz CT molecular complexity index is 931. The first-order chi connectivity index (χ1) is 15.5. The van der Waals surface area contributed by atoms with Crippen molar-refractivity contribution >= 4 is 6.09 Å². The highest BCUT2D eigenvalue weighted by atomic mass is 16.9. The van der Waals surface area contributed by atoms with Crippen LogP contribution in [0.2, 0.25) is 0 Å². The van der Waals surface area contributed by atoms with Gasteiger partial charge in [-0.05, 0) is 60.8 Å². The van der Waals surface area contributed by atoms with E-state index in [0.717, 1.165) is 19.3 Å². The van der Waals surface area contributed by atoms with Gasteiger partial charge in [-0.15, -0.1) is 10.1 Å². The molecule has 4 rings (SSSR count). The normalized spacial score (nSPS) is 19.2. The van der Waals surface area contributed by atoms with Gasteiger partial charge in [0.2, 0.25) is 0 Å². The number of likely N-dealkylation sites (tertiary alicyclic amines) is 1. The van der Waals surface area contributed by atoms with Crippen molar-refractivity contribution in [3.05, 3.63) is 75.8 Å². The predicted octanol–water partition coefficient (Wildman–Crippen LogP) is 4.40. The Labute approximate surface area is 187 Å². The van der Waals surface area contributed by atoms with Crippen molar-refractivity contribution in [1.29, 1.82) is 0 Å². The van der Waals surface area contributed by atoms with Crippen LogP contribution in [-0.2, 0) is 22.6 Å². The molecule has 8 nitrogen and oxygen atoms in total. The summed E-state index contributed by atoms with van der Waals surface area (Å²) in [6, 6.07) is 17.1. The molecule has 32 heavy (non-hydrogen) atoms. The van der Waals surface area contributed by atoms with Crippen molar-refractivity contribution in [1.82, 2.24) is 4.90 Å². The van der Waals surface area contributed by atoms with Gasteiger partial charge in [0.25, 0.3) is 5.09 Å². The van der Waals surface area contributed by atoms with E-state index in [1.165, 1.54) is 18.4 Å². The minimum atomic E-state index is -0.849. The van der Waals surface area contributed by atoms with Gasteiger partial charge in [-0.1, -0.05) is 42.5 Å². The van der Waals surface area contributed by atoms with Gasteiger partial charge < -0.3 is 19.2 Å². The van der Waals surface area contributed by atoms with Gasteiger partial charge in [-0.2, -0.15) is 0 Å². The number of amides is 1. The summed E-state index contributed by atoms with van der Waals surface area (Å²) in [5, 5.41) is 9.51. The van der Waals surface area contributed by atoms with E-state index < -0.39 is 11.2 Å². The summed E-state index contributed by atoms with van der Waals surface area (Å²) in [5.74, 6) is 0.335. The maximum atomic E-state index is 12.7. The number of carbonyl (C=O) groups excluding carboxylic acids is 1. The molecule has 1 aliphatic heterocycles. The molecule has 1 saturated carbocycles. The lowest BCUT2D eigenvalue weighted by Crippen LogP contribution is -2.45. The molecule has 170 valence electrons. The van der Waals surface area contributed by atoms with E-state index in [1.807, 2.05) is 6.07 Å². The lowest BCUT2D eigenvalue weighted by Gasteiger charge is -2.32. The summed E-state index contributed by atoms with van der Waals surface area (Å²) in [5.41, 5.74) is 2.13. The molecule has 1 aliphatic carbocycles. The molecule has 0 aromatic heterocycles. The van der Waals surface area contributed by atoms with Crippen molar-refractivity contribution in [2.75, 3.05) is 19.7 Å². The number of rotatable bonds is 9. The van der Waals surface area contributed by atoms with E-state index in [2.05, 4.69) is 29.1 Å². The minimum absolute atomic E-state index is 0.00405. The fourth-order valence-electron chi connectivity index (χ4n) is 4.10. The third-order valence-electron chi connectivity index (χ3n) is 6.08. The van der Waals surface area contributed by atoms with Crippen LogP contribution in [0, 0.1) is 15.5 Å². The Morgan fingerprint density at radius 3 is 2.66 bits per heavy atom. The maximum absolute atomic E-state index is 12.7. The van der Waals surface area contributed by atoms with Crippen LogP contribution in [0.15, 0.2) is 54.6 Å². The van der Waals surface area contributed by atoms with Crippen LogP contribution in [0.5, 0.6) is 5.75 Å². The Morgan fingerprint density at radius 1 is 1.12 bits per heavy atom. The SMILES string of the molecule is O=C(Oc1cccc(CO[N+](=O)[O-])c1)N1CCCC(OCC2(Cc3ccccc3)CC2)C1.